The Balaban J connectivity index is 1.23. The van der Waals surface area contributed by atoms with E-state index in [1.54, 1.807) is 18.0 Å². The molecule has 1 amide bonds. The van der Waals surface area contributed by atoms with Crippen molar-refractivity contribution in [3.05, 3.63) is 59.2 Å². The minimum atomic E-state index is -0.956. The fourth-order valence-electron chi connectivity index (χ4n) is 7.81. The van der Waals surface area contributed by atoms with E-state index in [0.717, 1.165) is 48.5 Å². The minimum absolute atomic E-state index is 0.0252. The van der Waals surface area contributed by atoms with Crippen LogP contribution in [0, 0.1) is 5.92 Å². The van der Waals surface area contributed by atoms with Crippen LogP contribution in [-0.2, 0) is 23.2 Å². The third-order valence-corrected chi connectivity index (χ3v) is 9.72. The number of likely N-dealkylation sites (N-methyl/N-ethyl adjacent to an activating group) is 1. The van der Waals surface area contributed by atoms with Crippen molar-refractivity contribution in [2.45, 2.75) is 74.3 Å². The standard InChI is InChI=1S/C29H34N2O5/c1-30(27(33)35-17-19-5-3-2-4-6-19)21-11-12-29(34)23-15-20-9-10-22(32)25-24(20)28(29,26(21)36-25)13-14-31(23)16-18-7-8-18/h2-6,9-10,18,21,23,26,32,34H,7-8,11-17H2,1H3/t21-,23-,26+,28+,29-/m1/s1. The van der Waals surface area contributed by atoms with E-state index in [1.165, 1.54) is 12.8 Å². The zero-order chi connectivity index (χ0) is 24.7. The highest BCUT2D eigenvalue weighted by molar-refractivity contribution is 5.69. The highest BCUT2D eigenvalue weighted by Gasteiger charge is 2.73. The number of phenolic OH excluding ortho intramolecular Hbond substituents is 1. The smallest absolute Gasteiger partial charge is 0.410 e. The van der Waals surface area contributed by atoms with Gasteiger partial charge in [0.2, 0.25) is 0 Å². The second-order valence-corrected chi connectivity index (χ2v) is 11.5. The van der Waals surface area contributed by atoms with Crippen LogP contribution in [0.4, 0.5) is 4.79 Å². The Labute approximate surface area is 211 Å². The van der Waals surface area contributed by atoms with Crippen molar-refractivity contribution in [1.29, 1.82) is 0 Å². The summed E-state index contributed by atoms with van der Waals surface area (Å²) in [6, 6.07) is 13.2. The lowest BCUT2D eigenvalue weighted by atomic mass is 9.48. The molecule has 3 aliphatic carbocycles. The third-order valence-electron chi connectivity index (χ3n) is 9.72. The number of benzene rings is 2. The number of likely N-dealkylation sites (tertiary alicyclic amines) is 1. The van der Waals surface area contributed by atoms with Crippen LogP contribution in [0.1, 0.15) is 48.8 Å². The number of aliphatic hydroxyl groups is 1. The summed E-state index contributed by atoms with van der Waals surface area (Å²) in [4.78, 5) is 17.3. The molecular formula is C29H34N2O5. The molecule has 190 valence electrons. The fraction of sp³-hybridized carbons (Fsp3) is 0.552. The highest BCUT2D eigenvalue weighted by Crippen LogP contribution is 2.66. The summed E-state index contributed by atoms with van der Waals surface area (Å²) >= 11 is 0. The zero-order valence-corrected chi connectivity index (χ0v) is 20.7. The van der Waals surface area contributed by atoms with E-state index in [1.807, 2.05) is 36.4 Å². The lowest BCUT2D eigenvalue weighted by molar-refractivity contribution is -0.198. The summed E-state index contributed by atoms with van der Waals surface area (Å²) in [5.41, 5.74) is 1.48. The van der Waals surface area contributed by atoms with Gasteiger partial charge in [0.25, 0.3) is 0 Å². The number of rotatable bonds is 5. The Bertz CT molecular complexity index is 1200. The number of ether oxygens (including phenoxy) is 2. The average molecular weight is 491 g/mol. The number of hydrogen-bond acceptors (Lipinski definition) is 6. The number of phenols is 1. The molecule has 7 heteroatoms. The molecule has 0 radical (unpaired) electrons. The second-order valence-electron chi connectivity index (χ2n) is 11.5. The van der Waals surface area contributed by atoms with Gasteiger partial charge in [-0.15, -0.1) is 0 Å². The number of amides is 1. The van der Waals surface area contributed by atoms with Crippen LogP contribution < -0.4 is 4.74 Å². The first-order valence-corrected chi connectivity index (χ1v) is 13.3. The third kappa shape index (κ3) is 3.02. The van der Waals surface area contributed by atoms with Crippen molar-refractivity contribution in [2.75, 3.05) is 20.1 Å². The molecule has 2 bridgehead atoms. The largest absolute Gasteiger partial charge is 0.504 e. The van der Waals surface area contributed by atoms with Gasteiger partial charge in [-0.05, 0) is 68.2 Å². The molecule has 2 aromatic carbocycles. The fourth-order valence-corrected chi connectivity index (χ4v) is 7.81. The summed E-state index contributed by atoms with van der Waals surface area (Å²) < 4.78 is 12.2. The molecular weight excluding hydrogens is 456 g/mol. The van der Waals surface area contributed by atoms with Crippen molar-refractivity contribution in [2.24, 2.45) is 5.92 Å². The SMILES string of the molecule is CN(C(=O)OCc1ccccc1)[C@@H]1CC[C@@]2(O)[C@H]3Cc4ccc(O)c5c4[C@@]2(CCN3CC2CC2)[C@H]1O5. The molecule has 5 aliphatic rings. The average Bonchev–Trinajstić information content (AvgIpc) is 3.63. The topological polar surface area (TPSA) is 82.5 Å². The van der Waals surface area contributed by atoms with Gasteiger partial charge in [-0.3, -0.25) is 4.90 Å². The Morgan fingerprint density at radius 2 is 1.97 bits per heavy atom. The Kier molecular flexibility index (Phi) is 4.90. The van der Waals surface area contributed by atoms with Gasteiger partial charge in [0.1, 0.15) is 12.7 Å². The van der Waals surface area contributed by atoms with E-state index < -0.39 is 23.2 Å². The summed E-state index contributed by atoms with van der Waals surface area (Å²) in [6.45, 7) is 2.15. The summed E-state index contributed by atoms with van der Waals surface area (Å²) in [6.07, 6.45) is 4.47. The molecule has 0 aromatic heterocycles. The van der Waals surface area contributed by atoms with E-state index in [9.17, 15) is 15.0 Å². The first kappa shape index (κ1) is 22.4. The van der Waals surface area contributed by atoms with Gasteiger partial charge in [0, 0.05) is 25.2 Å². The second kappa shape index (κ2) is 7.86. The predicted octanol–water partition coefficient (Wildman–Crippen LogP) is 3.59. The van der Waals surface area contributed by atoms with Crippen molar-refractivity contribution in [3.63, 3.8) is 0 Å². The summed E-state index contributed by atoms with van der Waals surface area (Å²) in [5.74, 6) is 1.37. The molecule has 36 heavy (non-hydrogen) atoms. The van der Waals surface area contributed by atoms with Gasteiger partial charge < -0.3 is 24.6 Å². The molecule has 1 spiro atoms. The van der Waals surface area contributed by atoms with Gasteiger partial charge in [-0.2, -0.15) is 0 Å². The van der Waals surface area contributed by atoms with Crippen molar-refractivity contribution in [1.82, 2.24) is 9.80 Å². The van der Waals surface area contributed by atoms with E-state index in [4.69, 9.17) is 9.47 Å². The maximum absolute atomic E-state index is 13.2. The van der Waals surface area contributed by atoms with Crippen LogP contribution in [0.25, 0.3) is 0 Å². The van der Waals surface area contributed by atoms with Crippen LogP contribution in [0.15, 0.2) is 42.5 Å². The monoisotopic (exact) mass is 490 g/mol. The van der Waals surface area contributed by atoms with E-state index in [0.29, 0.717) is 18.6 Å². The van der Waals surface area contributed by atoms with Gasteiger partial charge in [-0.25, -0.2) is 4.79 Å². The van der Waals surface area contributed by atoms with E-state index >= 15 is 0 Å². The molecule has 7 nitrogen and oxygen atoms in total. The quantitative estimate of drug-likeness (QED) is 0.667. The van der Waals surface area contributed by atoms with Gasteiger partial charge in [0.05, 0.1) is 17.1 Å². The predicted molar refractivity (Wildman–Crippen MR) is 133 cm³/mol. The molecule has 2 N–H and O–H groups in total. The molecule has 3 fully saturated rings. The number of piperidine rings is 1. The zero-order valence-electron chi connectivity index (χ0n) is 20.7. The number of carbonyl (C=O) groups excluding carboxylic acids is 1. The number of hydrogen-bond donors (Lipinski definition) is 2. The van der Waals surface area contributed by atoms with Crippen molar-refractivity contribution in [3.8, 4) is 11.5 Å². The van der Waals surface area contributed by atoms with Gasteiger partial charge >= 0.3 is 6.09 Å². The maximum Gasteiger partial charge on any atom is 0.410 e. The first-order valence-electron chi connectivity index (χ1n) is 13.3. The molecule has 1 saturated heterocycles. The van der Waals surface area contributed by atoms with E-state index in [2.05, 4.69) is 4.90 Å². The minimum Gasteiger partial charge on any atom is -0.504 e. The number of carbonyl (C=O) groups is 1. The summed E-state index contributed by atoms with van der Waals surface area (Å²) in [7, 11) is 1.77. The Hall–Kier alpha value is -2.77. The lowest BCUT2D eigenvalue weighted by Gasteiger charge is -2.64. The van der Waals surface area contributed by atoms with E-state index in [-0.39, 0.29) is 24.4 Å². The van der Waals surface area contributed by atoms with Crippen LogP contribution in [0.5, 0.6) is 11.5 Å². The molecule has 2 saturated carbocycles. The number of nitrogens with zero attached hydrogens (tertiary/aromatic N) is 2. The molecule has 2 aromatic rings. The normalized spacial score (nSPS) is 34.0. The Morgan fingerprint density at radius 1 is 1.17 bits per heavy atom. The number of aromatic hydroxyl groups is 1. The van der Waals surface area contributed by atoms with Crippen molar-refractivity contribution < 1.29 is 24.5 Å². The molecule has 7 rings (SSSR count). The Morgan fingerprint density at radius 3 is 2.75 bits per heavy atom. The van der Waals surface area contributed by atoms with Crippen LogP contribution >= 0.6 is 0 Å². The summed E-state index contributed by atoms with van der Waals surface area (Å²) in [5, 5.41) is 23.4. The van der Waals surface area contributed by atoms with Crippen LogP contribution in [-0.4, -0.2) is 70.0 Å². The molecule has 2 aliphatic heterocycles. The lowest BCUT2D eigenvalue weighted by Crippen LogP contribution is -2.78. The van der Waals surface area contributed by atoms with Crippen molar-refractivity contribution >= 4 is 6.09 Å². The molecule has 5 atom stereocenters. The maximum atomic E-state index is 13.2. The van der Waals surface area contributed by atoms with Crippen LogP contribution in [0.2, 0.25) is 0 Å². The first-order chi connectivity index (χ1) is 17.4. The van der Waals surface area contributed by atoms with Gasteiger partial charge in [0.15, 0.2) is 11.5 Å². The molecule has 2 heterocycles. The highest BCUT2D eigenvalue weighted by atomic mass is 16.6. The van der Waals surface area contributed by atoms with Gasteiger partial charge in [-0.1, -0.05) is 36.4 Å². The van der Waals surface area contributed by atoms with Crippen LogP contribution in [0.3, 0.4) is 0 Å². The molecule has 0 unspecified atom stereocenters.